The highest BCUT2D eigenvalue weighted by atomic mass is 19.1. The van der Waals surface area contributed by atoms with Gasteiger partial charge in [0.15, 0.2) is 0 Å². The van der Waals surface area contributed by atoms with Gasteiger partial charge in [-0.1, -0.05) is 30.3 Å². The molecule has 3 rings (SSSR count). The molecule has 1 aromatic carbocycles. The second kappa shape index (κ2) is 4.82. The fourth-order valence-electron chi connectivity index (χ4n) is 2.21. The summed E-state index contributed by atoms with van der Waals surface area (Å²) in [6.07, 6.45) is 1.97. The number of imidazole rings is 1. The Kier molecular flexibility index (Phi) is 3.01. The zero-order chi connectivity index (χ0) is 13.2. The van der Waals surface area contributed by atoms with Gasteiger partial charge < -0.3 is 5.11 Å². The van der Waals surface area contributed by atoms with Crippen molar-refractivity contribution in [3.63, 3.8) is 0 Å². The van der Waals surface area contributed by atoms with E-state index in [0.717, 1.165) is 11.3 Å². The second-order valence-electron chi connectivity index (χ2n) is 4.40. The Bertz CT molecular complexity index is 707. The Balaban J connectivity index is 2.08. The molecule has 0 fully saturated rings. The van der Waals surface area contributed by atoms with Crippen molar-refractivity contribution in [2.24, 2.45) is 0 Å². The van der Waals surface area contributed by atoms with Crippen LogP contribution in [0.25, 0.3) is 5.65 Å². The molecule has 0 amide bonds. The molecule has 4 heteroatoms. The van der Waals surface area contributed by atoms with Crippen molar-refractivity contribution < 1.29 is 9.50 Å². The average Bonchev–Trinajstić information content (AvgIpc) is 2.76. The summed E-state index contributed by atoms with van der Waals surface area (Å²) in [5.74, 6) is -0.342. The standard InChI is InChI=1S/C15H13FN2O/c16-12-6-7-15-17-13(14(10-19)18(15)9-12)8-11-4-2-1-3-5-11/h1-7,9,19H,8,10H2. The molecule has 0 aliphatic heterocycles. The van der Waals surface area contributed by atoms with Crippen molar-refractivity contribution in [1.82, 2.24) is 9.38 Å². The Morgan fingerprint density at radius 1 is 1.11 bits per heavy atom. The lowest BCUT2D eigenvalue weighted by molar-refractivity contribution is 0.274. The molecule has 0 radical (unpaired) electrons. The lowest BCUT2D eigenvalue weighted by atomic mass is 10.1. The van der Waals surface area contributed by atoms with E-state index in [1.54, 1.807) is 10.5 Å². The van der Waals surface area contributed by atoms with E-state index < -0.39 is 0 Å². The fourth-order valence-corrected chi connectivity index (χ4v) is 2.21. The monoisotopic (exact) mass is 256 g/mol. The third-order valence-electron chi connectivity index (χ3n) is 3.13. The van der Waals surface area contributed by atoms with Crippen LogP contribution in [0.3, 0.4) is 0 Å². The maximum atomic E-state index is 13.3. The number of benzene rings is 1. The number of halogens is 1. The quantitative estimate of drug-likeness (QED) is 0.782. The smallest absolute Gasteiger partial charge is 0.139 e. The number of nitrogens with zero attached hydrogens (tertiary/aromatic N) is 2. The van der Waals surface area contributed by atoms with Crippen molar-refractivity contribution in [3.05, 3.63) is 71.4 Å². The zero-order valence-corrected chi connectivity index (χ0v) is 10.3. The number of aliphatic hydroxyl groups is 1. The molecule has 19 heavy (non-hydrogen) atoms. The molecule has 3 nitrogen and oxygen atoms in total. The van der Waals surface area contributed by atoms with Crippen LogP contribution in [-0.2, 0) is 13.0 Å². The Labute approximate surface area is 110 Å². The van der Waals surface area contributed by atoms with Crippen LogP contribution in [0.1, 0.15) is 17.0 Å². The van der Waals surface area contributed by atoms with E-state index in [1.165, 1.54) is 12.3 Å². The third kappa shape index (κ3) is 2.22. The lowest BCUT2D eigenvalue weighted by Crippen LogP contribution is -1.98. The molecule has 0 aliphatic carbocycles. The van der Waals surface area contributed by atoms with Crippen LogP contribution in [0.4, 0.5) is 4.39 Å². The normalized spacial score (nSPS) is 11.1. The topological polar surface area (TPSA) is 37.5 Å². The zero-order valence-electron chi connectivity index (χ0n) is 10.3. The number of aliphatic hydroxyl groups excluding tert-OH is 1. The van der Waals surface area contributed by atoms with Crippen LogP contribution in [0, 0.1) is 5.82 Å². The van der Waals surface area contributed by atoms with Crippen molar-refractivity contribution in [1.29, 1.82) is 0 Å². The van der Waals surface area contributed by atoms with E-state index in [0.29, 0.717) is 17.8 Å². The van der Waals surface area contributed by atoms with Crippen molar-refractivity contribution >= 4 is 5.65 Å². The summed E-state index contributed by atoms with van der Waals surface area (Å²) in [5, 5.41) is 9.49. The van der Waals surface area contributed by atoms with Crippen LogP contribution in [0.2, 0.25) is 0 Å². The summed E-state index contributed by atoms with van der Waals surface area (Å²) < 4.78 is 14.9. The van der Waals surface area contributed by atoms with Gasteiger partial charge >= 0.3 is 0 Å². The van der Waals surface area contributed by atoms with E-state index in [1.807, 2.05) is 30.3 Å². The Hall–Kier alpha value is -2.20. The molecule has 0 bridgehead atoms. The summed E-state index contributed by atoms with van der Waals surface area (Å²) in [6, 6.07) is 12.9. The number of hydrogen-bond acceptors (Lipinski definition) is 2. The maximum absolute atomic E-state index is 13.3. The van der Waals surface area contributed by atoms with Crippen LogP contribution in [-0.4, -0.2) is 14.5 Å². The highest BCUT2D eigenvalue weighted by Gasteiger charge is 2.12. The SMILES string of the molecule is OCc1c(Cc2ccccc2)nc2ccc(F)cn12. The van der Waals surface area contributed by atoms with Gasteiger partial charge in [0.1, 0.15) is 11.5 Å². The molecule has 2 heterocycles. The van der Waals surface area contributed by atoms with Gasteiger partial charge in [0, 0.05) is 12.6 Å². The highest BCUT2D eigenvalue weighted by molar-refractivity contribution is 5.44. The van der Waals surface area contributed by atoms with Crippen LogP contribution in [0.5, 0.6) is 0 Å². The van der Waals surface area contributed by atoms with Gasteiger partial charge in [-0.05, 0) is 17.7 Å². The molecule has 0 unspecified atom stereocenters. The summed E-state index contributed by atoms with van der Waals surface area (Å²) in [7, 11) is 0. The first-order valence-electron chi connectivity index (χ1n) is 6.08. The second-order valence-corrected chi connectivity index (χ2v) is 4.40. The summed E-state index contributed by atoms with van der Waals surface area (Å²) in [4.78, 5) is 4.46. The van der Waals surface area contributed by atoms with Gasteiger partial charge in [0.25, 0.3) is 0 Å². The predicted octanol–water partition coefficient (Wildman–Crippen LogP) is 2.56. The average molecular weight is 256 g/mol. The molecule has 0 atom stereocenters. The van der Waals surface area contributed by atoms with E-state index in [2.05, 4.69) is 4.98 Å². The van der Waals surface area contributed by atoms with Gasteiger partial charge in [-0.2, -0.15) is 0 Å². The first-order chi connectivity index (χ1) is 9.28. The molecule has 96 valence electrons. The van der Waals surface area contributed by atoms with E-state index in [4.69, 9.17) is 0 Å². The molecule has 1 N–H and O–H groups in total. The summed E-state index contributed by atoms with van der Waals surface area (Å²) in [5.41, 5.74) is 3.18. The summed E-state index contributed by atoms with van der Waals surface area (Å²) in [6.45, 7) is -0.160. The van der Waals surface area contributed by atoms with E-state index >= 15 is 0 Å². The van der Waals surface area contributed by atoms with E-state index in [9.17, 15) is 9.50 Å². The molecular formula is C15H13FN2O. The molecule has 3 aromatic rings. The van der Waals surface area contributed by atoms with Crippen molar-refractivity contribution in [2.45, 2.75) is 13.0 Å². The lowest BCUT2D eigenvalue weighted by Gasteiger charge is -2.02. The third-order valence-corrected chi connectivity index (χ3v) is 3.13. The number of hydrogen-bond donors (Lipinski definition) is 1. The first-order valence-corrected chi connectivity index (χ1v) is 6.08. The molecule has 0 saturated carbocycles. The van der Waals surface area contributed by atoms with Gasteiger partial charge in [0.05, 0.1) is 18.0 Å². The van der Waals surface area contributed by atoms with Crippen LogP contribution < -0.4 is 0 Å². The van der Waals surface area contributed by atoms with Crippen LogP contribution in [0.15, 0.2) is 48.7 Å². The highest BCUT2D eigenvalue weighted by Crippen LogP contribution is 2.17. The minimum Gasteiger partial charge on any atom is -0.390 e. The van der Waals surface area contributed by atoms with E-state index in [-0.39, 0.29) is 12.4 Å². The number of fused-ring (bicyclic) bond motifs is 1. The maximum Gasteiger partial charge on any atom is 0.139 e. The van der Waals surface area contributed by atoms with Gasteiger partial charge in [-0.15, -0.1) is 0 Å². The Morgan fingerprint density at radius 2 is 1.89 bits per heavy atom. The minimum absolute atomic E-state index is 0.160. The number of aromatic nitrogens is 2. The summed E-state index contributed by atoms with van der Waals surface area (Å²) >= 11 is 0. The molecule has 0 saturated heterocycles. The van der Waals surface area contributed by atoms with Gasteiger partial charge in [-0.25, -0.2) is 9.37 Å². The first kappa shape index (κ1) is 11.9. The number of pyridine rings is 1. The minimum atomic E-state index is -0.342. The Morgan fingerprint density at radius 3 is 2.63 bits per heavy atom. The van der Waals surface area contributed by atoms with Crippen molar-refractivity contribution in [3.8, 4) is 0 Å². The van der Waals surface area contributed by atoms with Gasteiger partial charge in [0.2, 0.25) is 0 Å². The molecule has 0 aliphatic rings. The molecule has 2 aromatic heterocycles. The number of rotatable bonds is 3. The van der Waals surface area contributed by atoms with Gasteiger partial charge in [-0.3, -0.25) is 4.40 Å². The van der Waals surface area contributed by atoms with Crippen LogP contribution >= 0.6 is 0 Å². The van der Waals surface area contributed by atoms with Crippen molar-refractivity contribution in [2.75, 3.05) is 0 Å². The molecular weight excluding hydrogens is 243 g/mol. The predicted molar refractivity (Wildman–Crippen MR) is 70.3 cm³/mol. The fraction of sp³-hybridized carbons (Fsp3) is 0.133. The molecule has 0 spiro atoms. The largest absolute Gasteiger partial charge is 0.390 e.